The summed E-state index contributed by atoms with van der Waals surface area (Å²) in [4.78, 5) is 25.3. The highest BCUT2D eigenvalue weighted by Gasteiger charge is 2.19. The van der Waals surface area contributed by atoms with Crippen molar-refractivity contribution in [2.24, 2.45) is 0 Å². The minimum absolute atomic E-state index is 0.0511. The number of carbonyl (C=O) groups is 2. The second-order valence-corrected chi connectivity index (χ2v) is 5.42. The van der Waals surface area contributed by atoms with Crippen LogP contribution in [0, 0.1) is 0 Å². The topological polar surface area (TPSA) is 91.4 Å². The Morgan fingerprint density at radius 3 is 2.52 bits per heavy atom. The molecule has 3 N–H and O–H groups in total. The predicted octanol–water partition coefficient (Wildman–Crippen LogP) is 3.00. The predicted molar refractivity (Wildman–Crippen MR) is 86.8 cm³/mol. The highest BCUT2D eigenvalue weighted by Crippen LogP contribution is 2.26. The average molecular weight is 357 g/mol. The van der Waals surface area contributed by atoms with Crippen molar-refractivity contribution in [1.29, 1.82) is 0 Å². The van der Waals surface area contributed by atoms with Gasteiger partial charge in [-0.3, -0.25) is 4.79 Å². The van der Waals surface area contributed by atoms with Crippen molar-refractivity contribution >= 4 is 35.1 Å². The molecule has 0 bridgehead atoms. The second kappa shape index (κ2) is 7.39. The maximum atomic E-state index is 11.8. The number of ether oxygens (including phenoxy) is 1. The molecule has 0 saturated heterocycles. The molecule has 0 spiro atoms. The number of hydrogen-bond acceptors (Lipinski definition) is 3. The van der Waals surface area contributed by atoms with Gasteiger partial charge in [0.2, 0.25) is 0 Å². The van der Waals surface area contributed by atoms with E-state index in [1.165, 1.54) is 13.1 Å². The van der Waals surface area contributed by atoms with Crippen LogP contribution in [-0.2, 0) is 6.42 Å². The molecule has 1 aromatic carbocycles. The van der Waals surface area contributed by atoms with E-state index in [4.69, 9.17) is 33.0 Å². The zero-order valence-corrected chi connectivity index (χ0v) is 13.7. The van der Waals surface area contributed by atoms with Gasteiger partial charge in [-0.25, -0.2) is 4.79 Å². The summed E-state index contributed by atoms with van der Waals surface area (Å²) in [6.07, 6.45) is 0.416. The van der Waals surface area contributed by atoms with Crippen molar-refractivity contribution in [3.8, 4) is 5.75 Å². The van der Waals surface area contributed by atoms with Crippen molar-refractivity contribution < 1.29 is 19.4 Å². The first-order valence-electron chi connectivity index (χ1n) is 6.68. The molecule has 6 nitrogen and oxygen atoms in total. The first kappa shape index (κ1) is 17.2. The van der Waals surface area contributed by atoms with Crippen LogP contribution in [0.15, 0.2) is 24.3 Å². The zero-order chi connectivity index (χ0) is 17.0. The third kappa shape index (κ3) is 3.97. The van der Waals surface area contributed by atoms with Gasteiger partial charge in [-0.1, -0.05) is 29.3 Å². The summed E-state index contributed by atoms with van der Waals surface area (Å²) in [5.41, 5.74) is 0.649. The van der Waals surface area contributed by atoms with E-state index in [0.29, 0.717) is 16.5 Å². The van der Waals surface area contributed by atoms with Gasteiger partial charge in [0.1, 0.15) is 11.4 Å². The van der Waals surface area contributed by atoms with Crippen LogP contribution in [0.4, 0.5) is 0 Å². The number of benzene rings is 1. The molecule has 0 fully saturated rings. The van der Waals surface area contributed by atoms with Gasteiger partial charge in [0.15, 0.2) is 5.75 Å². The van der Waals surface area contributed by atoms with Crippen molar-refractivity contribution in [3.63, 3.8) is 0 Å². The van der Waals surface area contributed by atoms with E-state index in [1.54, 1.807) is 18.2 Å². The van der Waals surface area contributed by atoms with E-state index in [2.05, 4.69) is 10.3 Å². The minimum Gasteiger partial charge on any atom is -0.491 e. The van der Waals surface area contributed by atoms with Crippen LogP contribution in [0.1, 0.15) is 26.5 Å². The summed E-state index contributed by atoms with van der Waals surface area (Å²) in [6.45, 7) is 0.185. The molecule has 8 heteroatoms. The number of carbonyl (C=O) groups excluding carboxylic acids is 1. The number of halogens is 2. The van der Waals surface area contributed by atoms with E-state index < -0.39 is 11.9 Å². The van der Waals surface area contributed by atoms with Crippen LogP contribution in [-0.4, -0.2) is 35.6 Å². The van der Waals surface area contributed by atoms with Gasteiger partial charge in [0.25, 0.3) is 5.91 Å². The molecule has 1 aromatic heterocycles. The van der Waals surface area contributed by atoms with Gasteiger partial charge in [0.05, 0.1) is 6.61 Å². The molecule has 122 valence electrons. The van der Waals surface area contributed by atoms with E-state index >= 15 is 0 Å². The lowest BCUT2D eigenvalue weighted by molar-refractivity contribution is 0.0691. The average Bonchev–Trinajstić information content (AvgIpc) is 2.94. The third-order valence-electron chi connectivity index (χ3n) is 3.14. The van der Waals surface area contributed by atoms with Gasteiger partial charge in [-0.05, 0) is 17.7 Å². The van der Waals surface area contributed by atoms with Gasteiger partial charge in [-0.15, -0.1) is 0 Å². The number of carboxylic acids is 1. The summed E-state index contributed by atoms with van der Waals surface area (Å²) in [7, 11) is 1.44. The first-order valence-corrected chi connectivity index (χ1v) is 7.43. The lowest BCUT2D eigenvalue weighted by Gasteiger charge is -2.09. The van der Waals surface area contributed by atoms with Crippen LogP contribution >= 0.6 is 23.2 Å². The SMILES string of the molecule is CNC(=O)c1[nH]c(C(=O)O)cc1OCCc1c(Cl)cccc1Cl. The van der Waals surface area contributed by atoms with E-state index in [9.17, 15) is 9.59 Å². The number of aromatic amines is 1. The van der Waals surface area contributed by atoms with E-state index in [1.807, 2.05) is 0 Å². The van der Waals surface area contributed by atoms with Gasteiger partial charge >= 0.3 is 5.97 Å². The molecule has 0 aliphatic heterocycles. The monoisotopic (exact) mass is 356 g/mol. The number of nitrogens with one attached hydrogen (secondary N) is 2. The smallest absolute Gasteiger partial charge is 0.352 e. The molecule has 1 amide bonds. The molecule has 0 saturated carbocycles. The molecule has 2 aromatic rings. The van der Waals surface area contributed by atoms with Gasteiger partial charge in [0, 0.05) is 29.6 Å². The van der Waals surface area contributed by atoms with Crippen LogP contribution < -0.4 is 10.1 Å². The molecular weight excluding hydrogens is 343 g/mol. The van der Waals surface area contributed by atoms with Crippen molar-refractivity contribution in [2.75, 3.05) is 13.7 Å². The number of hydrogen-bond donors (Lipinski definition) is 3. The molecule has 23 heavy (non-hydrogen) atoms. The Morgan fingerprint density at radius 2 is 1.96 bits per heavy atom. The summed E-state index contributed by atoms with van der Waals surface area (Å²) < 4.78 is 5.53. The Labute approximate surface area is 142 Å². The molecule has 0 radical (unpaired) electrons. The summed E-state index contributed by atoms with van der Waals surface area (Å²) in [5.74, 6) is -1.49. The zero-order valence-electron chi connectivity index (χ0n) is 12.2. The molecule has 0 atom stereocenters. The highest BCUT2D eigenvalue weighted by molar-refractivity contribution is 6.35. The van der Waals surface area contributed by atoms with Crippen molar-refractivity contribution in [2.45, 2.75) is 6.42 Å². The summed E-state index contributed by atoms with van der Waals surface area (Å²) >= 11 is 12.1. The Morgan fingerprint density at radius 1 is 1.30 bits per heavy atom. The van der Waals surface area contributed by atoms with Crippen molar-refractivity contribution in [1.82, 2.24) is 10.3 Å². The maximum Gasteiger partial charge on any atom is 0.352 e. The standard InChI is InChI=1S/C15H14Cl2N2O4/c1-18-14(20)13-12(7-11(19-13)15(21)22)23-6-5-8-9(16)3-2-4-10(8)17/h2-4,7,19H,5-6H2,1H3,(H,18,20)(H,21,22). The number of H-pyrrole nitrogens is 1. The molecule has 1 heterocycles. The largest absolute Gasteiger partial charge is 0.491 e. The molecule has 0 aliphatic carbocycles. The summed E-state index contributed by atoms with van der Waals surface area (Å²) in [5, 5.41) is 12.5. The lowest BCUT2D eigenvalue weighted by atomic mass is 10.1. The number of carboxylic acid groups (broad SMARTS) is 1. The van der Waals surface area contributed by atoms with Gasteiger partial charge in [-0.2, -0.15) is 0 Å². The molecular formula is C15H14Cl2N2O4. The normalized spacial score (nSPS) is 10.4. The number of aromatic nitrogens is 1. The highest BCUT2D eigenvalue weighted by atomic mass is 35.5. The van der Waals surface area contributed by atoms with Crippen LogP contribution in [0.25, 0.3) is 0 Å². The fourth-order valence-corrected chi connectivity index (χ4v) is 2.58. The Kier molecular flexibility index (Phi) is 5.52. The lowest BCUT2D eigenvalue weighted by Crippen LogP contribution is -2.19. The Hall–Kier alpha value is -2.18. The number of rotatable bonds is 6. The minimum atomic E-state index is -1.18. The van der Waals surface area contributed by atoms with Crippen molar-refractivity contribution in [3.05, 3.63) is 51.3 Å². The van der Waals surface area contributed by atoms with E-state index in [-0.39, 0.29) is 23.7 Å². The fourth-order valence-electron chi connectivity index (χ4n) is 1.99. The third-order valence-corrected chi connectivity index (χ3v) is 3.85. The van der Waals surface area contributed by atoms with Crippen LogP contribution in [0.5, 0.6) is 5.75 Å². The Bertz CT molecular complexity index is 723. The number of amides is 1. The maximum absolute atomic E-state index is 11.8. The Balaban J connectivity index is 2.14. The van der Waals surface area contributed by atoms with Crippen LogP contribution in [0.3, 0.4) is 0 Å². The second-order valence-electron chi connectivity index (χ2n) is 4.61. The molecule has 0 aliphatic rings. The summed E-state index contributed by atoms with van der Waals surface area (Å²) in [6, 6.07) is 6.44. The van der Waals surface area contributed by atoms with E-state index in [0.717, 1.165) is 5.56 Å². The van der Waals surface area contributed by atoms with Gasteiger partial charge < -0.3 is 20.1 Å². The fraction of sp³-hybridized carbons (Fsp3) is 0.200. The molecule has 0 unspecified atom stereocenters. The van der Waals surface area contributed by atoms with Crippen LogP contribution in [0.2, 0.25) is 10.0 Å². The molecule has 2 rings (SSSR count). The number of aromatic carboxylic acids is 1. The quantitative estimate of drug-likeness (QED) is 0.741. The first-order chi connectivity index (χ1) is 10.9.